The van der Waals surface area contributed by atoms with Gasteiger partial charge in [-0.15, -0.1) is 0 Å². The van der Waals surface area contributed by atoms with Crippen LogP contribution in [0, 0.1) is 6.92 Å². The molecule has 0 aliphatic rings. The molecule has 0 saturated carbocycles. The van der Waals surface area contributed by atoms with Gasteiger partial charge >= 0.3 is 0 Å². The lowest BCUT2D eigenvalue weighted by atomic mass is 10.3. The summed E-state index contributed by atoms with van der Waals surface area (Å²) in [7, 11) is 0. The minimum atomic E-state index is -0.394. The van der Waals surface area contributed by atoms with Crippen molar-refractivity contribution in [1.29, 1.82) is 0 Å². The Labute approximate surface area is 102 Å². The molecule has 2 aromatic heterocycles. The molecule has 0 unspecified atom stereocenters. The number of furan rings is 1. The fourth-order valence-electron chi connectivity index (χ4n) is 1.40. The second kappa shape index (κ2) is 4.60. The first kappa shape index (κ1) is 11.7. The van der Waals surface area contributed by atoms with Crippen LogP contribution in [0.5, 0.6) is 0 Å². The van der Waals surface area contributed by atoms with E-state index in [1.807, 2.05) is 12.3 Å². The van der Waals surface area contributed by atoms with E-state index in [0.717, 1.165) is 5.69 Å². The lowest BCUT2D eigenvalue weighted by molar-refractivity contribution is 0.0953. The Morgan fingerprint density at radius 1 is 1.71 bits per heavy atom. The second-order valence-corrected chi connectivity index (χ2v) is 3.94. The molecule has 0 saturated heterocycles. The van der Waals surface area contributed by atoms with Gasteiger partial charge in [-0.2, -0.15) is 5.10 Å². The summed E-state index contributed by atoms with van der Waals surface area (Å²) < 4.78 is 6.86. The normalized spacial score (nSPS) is 10.5. The molecule has 0 atom stereocenters. The van der Waals surface area contributed by atoms with Crippen LogP contribution in [0.15, 0.2) is 22.9 Å². The summed E-state index contributed by atoms with van der Waals surface area (Å²) in [6.07, 6.45) is 3.04. The summed E-state index contributed by atoms with van der Waals surface area (Å²) in [6.45, 7) is 2.22. The molecular formula is C10H11ClN4O2. The third-order valence-corrected chi connectivity index (χ3v) is 2.62. The summed E-state index contributed by atoms with van der Waals surface area (Å²) in [5.41, 5.74) is 3.15. The fourth-order valence-corrected chi connectivity index (χ4v) is 1.55. The smallest absolute Gasteiger partial charge is 0.268 e. The lowest BCUT2D eigenvalue weighted by Crippen LogP contribution is -2.29. The number of halogens is 1. The van der Waals surface area contributed by atoms with Gasteiger partial charge in [0.1, 0.15) is 12.0 Å². The Bertz CT molecular complexity index is 527. The first-order valence-electron chi connectivity index (χ1n) is 4.88. The number of nitrogen functional groups attached to an aromatic ring is 1. The summed E-state index contributed by atoms with van der Waals surface area (Å²) in [4.78, 5) is 11.2. The molecule has 2 rings (SSSR count). The van der Waals surface area contributed by atoms with Crippen molar-refractivity contribution in [1.82, 2.24) is 15.2 Å². The van der Waals surface area contributed by atoms with E-state index < -0.39 is 5.91 Å². The maximum atomic E-state index is 11.2. The number of carbonyl (C=O) groups excluding carboxylic acids is 1. The van der Waals surface area contributed by atoms with Gasteiger partial charge in [-0.1, -0.05) is 11.6 Å². The van der Waals surface area contributed by atoms with Gasteiger partial charge < -0.3 is 4.42 Å². The van der Waals surface area contributed by atoms with Crippen LogP contribution in [0.2, 0.25) is 5.02 Å². The number of hydrogen-bond acceptors (Lipinski definition) is 4. The average molecular weight is 255 g/mol. The summed E-state index contributed by atoms with van der Waals surface area (Å²) in [5.74, 6) is 5.22. The molecule has 0 aliphatic carbocycles. The average Bonchev–Trinajstić information content (AvgIpc) is 2.87. The molecule has 0 fully saturated rings. The maximum Gasteiger partial charge on any atom is 0.268 e. The topological polar surface area (TPSA) is 86.1 Å². The Kier molecular flexibility index (Phi) is 3.16. The van der Waals surface area contributed by atoms with Crippen molar-refractivity contribution in [3.05, 3.63) is 40.6 Å². The number of hydrazine groups is 1. The van der Waals surface area contributed by atoms with Gasteiger partial charge in [0, 0.05) is 6.20 Å². The van der Waals surface area contributed by atoms with E-state index in [-0.39, 0.29) is 0 Å². The van der Waals surface area contributed by atoms with Crippen LogP contribution < -0.4 is 11.3 Å². The van der Waals surface area contributed by atoms with E-state index in [1.54, 1.807) is 16.9 Å². The Morgan fingerprint density at radius 2 is 2.47 bits per heavy atom. The van der Waals surface area contributed by atoms with E-state index in [0.29, 0.717) is 22.9 Å². The predicted octanol–water partition coefficient (Wildman–Crippen LogP) is 1.09. The molecule has 0 bridgehead atoms. The van der Waals surface area contributed by atoms with Gasteiger partial charge in [0.15, 0.2) is 0 Å². The molecule has 2 heterocycles. The van der Waals surface area contributed by atoms with Crippen molar-refractivity contribution in [2.45, 2.75) is 13.5 Å². The minimum Gasteiger partial charge on any atom is -0.467 e. The number of aryl methyl sites for hydroxylation is 1. The molecule has 0 aromatic carbocycles. The quantitative estimate of drug-likeness (QED) is 0.488. The second-order valence-electron chi connectivity index (χ2n) is 3.54. The monoisotopic (exact) mass is 254 g/mol. The van der Waals surface area contributed by atoms with Crippen LogP contribution in [-0.4, -0.2) is 15.7 Å². The molecule has 7 heteroatoms. The Hall–Kier alpha value is -1.79. The molecular weight excluding hydrogens is 244 g/mol. The van der Waals surface area contributed by atoms with Crippen molar-refractivity contribution in [2.75, 3.05) is 0 Å². The number of hydrogen-bond donors (Lipinski definition) is 2. The predicted molar refractivity (Wildman–Crippen MR) is 61.4 cm³/mol. The standard InChI is InChI=1S/C10H11ClN4O2/c1-6-9(11)4-15(14-6)3-8-2-7(5-17-8)10(16)13-12/h2,4-5H,3,12H2,1H3,(H,13,16). The van der Waals surface area contributed by atoms with Crippen molar-refractivity contribution in [2.24, 2.45) is 5.84 Å². The SMILES string of the molecule is Cc1nn(Cc2cc(C(=O)NN)co2)cc1Cl. The highest BCUT2D eigenvalue weighted by molar-refractivity contribution is 6.31. The van der Waals surface area contributed by atoms with Crippen LogP contribution in [0.4, 0.5) is 0 Å². The lowest BCUT2D eigenvalue weighted by Gasteiger charge is -1.96. The molecule has 2 aromatic rings. The number of nitrogens with two attached hydrogens (primary N) is 1. The number of aromatic nitrogens is 2. The molecule has 0 spiro atoms. The molecule has 1 amide bonds. The Morgan fingerprint density at radius 3 is 3.06 bits per heavy atom. The molecule has 17 heavy (non-hydrogen) atoms. The number of amides is 1. The maximum absolute atomic E-state index is 11.2. The zero-order chi connectivity index (χ0) is 12.4. The van der Waals surface area contributed by atoms with E-state index in [2.05, 4.69) is 5.10 Å². The van der Waals surface area contributed by atoms with E-state index in [9.17, 15) is 4.79 Å². The van der Waals surface area contributed by atoms with Crippen LogP contribution in [0.1, 0.15) is 21.8 Å². The highest BCUT2D eigenvalue weighted by Gasteiger charge is 2.10. The van der Waals surface area contributed by atoms with Gasteiger partial charge in [0.25, 0.3) is 5.91 Å². The van der Waals surface area contributed by atoms with E-state index >= 15 is 0 Å². The first-order valence-corrected chi connectivity index (χ1v) is 5.26. The first-order chi connectivity index (χ1) is 8.10. The number of carbonyl (C=O) groups is 1. The Balaban J connectivity index is 2.14. The van der Waals surface area contributed by atoms with Crippen molar-refractivity contribution < 1.29 is 9.21 Å². The van der Waals surface area contributed by atoms with Crippen molar-refractivity contribution in [3.8, 4) is 0 Å². The van der Waals surface area contributed by atoms with Crippen LogP contribution >= 0.6 is 11.6 Å². The molecule has 3 N–H and O–H groups in total. The summed E-state index contributed by atoms with van der Waals surface area (Å²) in [6, 6.07) is 1.60. The van der Waals surface area contributed by atoms with E-state index in [1.165, 1.54) is 6.26 Å². The fraction of sp³-hybridized carbons (Fsp3) is 0.200. The molecule has 0 radical (unpaired) electrons. The van der Waals surface area contributed by atoms with Gasteiger partial charge in [-0.05, 0) is 13.0 Å². The minimum absolute atomic E-state index is 0.373. The number of rotatable bonds is 3. The molecule has 90 valence electrons. The highest BCUT2D eigenvalue weighted by atomic mass is 35.5. The number of nitrogens with one attached hydrogen (secondary N) is 1. The largest absolute Gasteiger partial charge is 0.467 e. The highest BCUT2D eigenvalue weighted by Crippen LogP contribution is 2.14. The third kappa shape index (κ3) is 2.48. The molecule has 6 nitrogen and oxygen atoms in total. The zero-order valence-electron chi connectivity index (χ0n) is 9.11. The van der Waals surface area contributed by atoms with Gasteiger partial charge in [-0.25, -0.2) is 5.84 Å². The van der Waals surface area contributed by atoms with Gasteiger partial charge in [0.2, 0.25) is 0 Å². The van der Waals surface area contributed by atoms with Crippen LogP contribution in [0.25, 0.3) is 0 Å². The van der Waals surface area contributed by atoms with Gasteiger partial charge in [-0.3, -0.25) is 14.9 Å². The zero-order valence-corrected chi connectivity index (χ0v) is 9.86. The van der Waals surface area contributed by atoms with E-state index in [4.69, 9.17) is 21.9 Å². The van der Waals surface area contributed by atoms with Crippen molar-refractivity contribution >= 4 is 17.5 Å². The number of nitrogens with zero attached hydrogens (tertiary/aromatic N) is 2. The third-order valence-electron chi connectivity index (χ3n) is 2.25. The van der Waals surface area contributed by atoms with Crippen LogP contribution in [-0.2, 0) is 6.54 Å². The van der Waals surface area contributed by atoms with Gasteiger partial charge in [0.05, 0.1) is 22.8 Å². The van der Waals surface area contributed by atoms with Crippen LogP contribution in [0.3, 0.4) is 0 Å². The summed E-state index contributed by atoms with van der Waals surface area (Å²) >= 11 is 5.88. The summed E-state index contributed by atoms with van der Waals surface area (Å²) in [5, 5.41) is 4.77. The van der Waals surface area contributed by atoms with Crippen molar-refractivity contribution in [3.63, 3.8) is 0 Å². The molecule has 0 aliphatic heterocycles.